The second-order valence-corrected chi connectivity index (χ2v) is 7.71. The van der Waals surface area contributed by atoms with Crippen molar-refractivity contribution in [1.29, 1.82) is 5.41 Å². The Labute approximate surface area is 172 Å². The van der Waals surface area contributed by atoms with Crippen LogP contribution in [0.5, 0.6) is 0 Å². The average Bonchev–Trinajstić information content (AvgIpc) is 2.70. The maximum absolute atomic E-state index is 7.85. The number of fused-ring (bicyclic) bond motifs is 1. The van der Waals surface area contributed by atoms with E-state index >= 15 is 0 Å². The number of anilines is 1. The van der Waals surface area contributed by atoms with Crippen LogP contribution in [0.25, 0.3) is 0 Å². The van der Waals surface area contributed by atoms with Crippen LogP contribution in [0.2, 0.25) is 0 Å². The highest BCUT2D eigenvalue weighted by Gasteiger charge is 2.34. The second kappa shape index (κ2) is 8.62. The van der Waals surface area contributed by atoms with Crippen molar-refractivity contribution in [2.45, 2.75) is 39.0 Å². The molecule has 150 valence electrons. The predicted octanol–water partition coefficient (Wildman–Crippen LogP) is 4.72. The lowest BCUT2D eigenvalue weighted by Crippen LogP contribution is -2.41. The molecule has 0 saturated heterocycles. The van der Waals surface area contributed by atoms with Crippen molar-refractivity contribution >= 4 is 17.1 Å². The molecule has 29 heavy (non-hydrogen) atoms. The zero-order chi connectivity index (χ0) is 20.2. The Morgan fingerprint density at radius 2 is 1.86 bits per heavy atom. The number of nitrogens with one attached hydrogen (secondary N) is 2. The summed E-state index contributed by atoms with van der Waals surface area (Å²) in [5, 5.41) is 14.9. The molecule has 4 rings (SSSR count). The highest BCUT2D eigenvalue weighted by molar-refractivity contribution is 6.06. The quantitative estimate of drug-likeness (QED) is 0.657. The molecule has 3 aliphatic rings. The summed E-state index contributed by atoms with van der Waals surface area (Å²) in [6, 6.07) is 8.06. The number of rotatable bonds is 3. The number of nitrogens with two attached hydrogens (primary N) is 1. The third kappa shape index (κ3) is 4.10. The first-order valence-corrected chi connectivity index (χ1v) is 10.5. The van der Waals surface area contributed by atoms with Crippen LogP contribution in [0, 0.1) is 11.3 Å². The highest BCUT2D eigenvalue weighted by Crippen LogP contribution is 2.39. The molecule has 1 atom stereocenters. The van der Waals surface area contributed by atoms with Crippen LogP contribution in [0.3, 0.4) is 0 Å². The molecule has 0 bridgehead atoms. The molecule has 1 aromatic carbocycles. The van der Waals surface area contributed by atoms with Crippen molar-refractivity contribution in [2.75, 3.05) is 12.3 Å². The van der Waals surface area contributed by atoms with Gasteiger partial charge in [-0.15, -0.1) is 0 Å². The first kappa shape index (κ1) is 19.4. The largest absolute Gasteiger partial charge is 0.399 e. The lowest BCUT2D eigenvalue weighted by atomic mass is 9.79. The molecule has 1 aromatic rings. The van der Waals surface area contributed by atoms with E-state index in [2.05, 4.69) is 30.6 Å². The maximum atomic E-state index is 7.85. The lowest BCUT2D eigenvalue weighted by molar-refractivity contribution is 0.253. The van der Waals surface area contributed by atoms with E-state index in [0.29, 0.717) is 5.71 Å². The first-order valence-electron chi connectivity index (χ1n) is 10.5. The topological polar surface area (TPSA) is 77.5 Å². The van der Waals surface area contributed by atoms with Crippen LogP contribution < -0.4 is 11.2 Å². The zero-order valence-electron chi connectivity index (χ0n) is 17.0. The van der Waals surface area contributed by atoms with Gasteiger partial charge in [-0.05, 0) is 54.7 Å². The molecule has 4 N–H and O–H groups in total. The molecule has 0 fully saturated rings. The van der Waals surface area contributed by atoms with Crippen LogP contribution in [0.4, 0.5) is 5.69 Å². The molecule has 1 aliphatic heterocycles. The Morgan fingerprint density at radius 3 is 2.59 bits per heavy atom. The summed E-state index contributed by atoms with van der Waals surface area (Å²) in [6.45, 7) is 2.86. The minimum Gasteiger partial charge on any atom is -0.399 e. The number of benzene rings is 1. The Kier molecular flexibility index (Phi) is 5.76. The summed E-state index contributed by atoms with van der Waals surface area (Å²) >= 11 is 0. The number of hydrazone groups is 1. The fourth-order valence-electron chi connectivity index (χ4n) is 4.21. The number of allylic oxidation sites excluding steroid dienone is 7. The molecular formula is C24H29N5. The van der Waals surface area contributed by atoms with Gasteiger partial charge < -0.3 is 11.1 Å². The SMILES string of the molecule is CCNN1N=C(c2ccc(N)cc2)C2CCCCCC=C2C1=C1C=CC(=N)C=C1. The molecule has 5 nitrogen and oxygen atoms in total. The van der Waals surface area contributed by atoms with E-state index in [1.807, 2.05) is 41.6 Å². The molecule has 0 aromatic heterocycles. The van der Waals surface area contributed by atoms with Gasteiger partial charge >= 0.3 is 0 Å². The fourth-order valence-corrected chi connectivity index (χ4v) is 4.21. The summed E-state index contributed by atoms with van der Waals surface area (Å²) < 4.78 is 0. The summed E-state index contributed by atoms with van der Waals surface area (Å²) in [5.74, 6) is 0.263. The van der Waals surface area contributed by atoms with Crippen molar-refractivity contribution < 1.29 is 0 Å². The Balaban J connectivity index is 1.89. The van der Waals surface area contributed by atoms with Gasteiger partial charge in [0.05, 0.1) is 17.1 Å². The number of hydrogen-bond donors (Lipinski definition) is 3. The third-order valence-corrected chi connectivity index (χ3v) is 5.63. The summed E-state index contributed by atoms with van der Waals surface area (Å²) in [5.41, 5.74) is 16.4. The minimum atomic E-state index is 0.263. The predicted molar refractivity (Wildman–Crippen MR) is 121 cm³/mol. The van der Waals surface area contributed by atoms with Crippen molar-refractivity contribution in [3.05, 3.63) is 77.1 Å². The molecular weight excluding hydrogens is 358 g/mol. The monoisotopic (exact) mass is 387 g/mol. The summed E-state index contributed by atoms with van der Waals surface area (Å²) in [7, 11) is 0. The van der Waals surface area contributed by atoms with Gasteiger partial charge in [-0.3, -0.25) is 0 Å². The van der Waals surface area contributed by atoms with Crippen molar-refractivity contribution in [1.82, 2.24) is 10.5 Å². The third-order valence-electron chi connectivity index (χ3n) is 5.63. The van der Waals surface area contributed by atoms with Crippen molar-refractivity contribution in [3.8, 4) is 0 Å². The Morgan fingerprint density at radius 1 is 1.10 bits per heavy atom. The molecule has 0 radical (unpaired) electrons. The molecule has 1 unspecified atom stereocenters. The summed E-state index contributed by atoms with van der Waals surface area (Å²) in [6.07, 6.45) is 16.0. The van der Waals surface area contributed by atoms with Gasteiger partial charge in [0.15, 0.2) is 0 Å². The van der Waals surface area contributed by atoms with Gasteiger partial charge in [-0.25, -0.2) is 5.43 Å². The van der Waals surface area contributed by atoms with Crippen LogP contribution >= 0.6 is 0 Å². The maximum Gasteiger partial charge on any atom is 0.0886 e. The molecule has 2 aliphatic carbocycles. The van der Waals surface area contributed by atoms with Gasteiger partial charge in [0.1, 0.15) is 0 Å². The second-order valence-electron chi connectivity index (χ2n) is 7.71. The Hall–Kier alpha value is -2.92. The van der Waals surface area contributed by atoms with E-state index in [1.165, 1.54) is 24.8 Å². The van der Waals surface area contributed by atoms with Gasteiger partial charge in [-0.1, -0.05) is 50.1 Å². The molecule has 5 heteroatoms. The number of nitrogens with zero attached hydrogens (tertiary/aromatic N) is 2. The van der Waals surface area contributed by atoms with E-state index < -0.39 is 0 Å². The van der Waals surface area contributed by atoms with Crippen LogP contribution in [0.1, 0.15) is 44.6 Å². The normalized spacial score (nSPS) is 22.0. The van der Waals surface area contributed by atoms with E-state index in [9.17, 15) is 0 Å². The molecule has 0 amide bonds. The zero-order valence-corrected chi connectivity index (χ0v) is 17.0. The number of nitrogen functional groups attached to an aromatic ring is 1. The molecule has 0 saturated carbocycles. The van der Waals surface area contributed by atoms with E-state index in [-0.39, 0.29) is 5.92 Å². The highest BCUT2D eigenvalue weighted by atomic mass is 15.7. The van der Waals surface area contributed by atoms with E-state index in [1.54, 1.807) is 0 Å². The smallest absolute Gasteiger partial charge is 0.0886 e. The molecule has 0 spiro atoms. The van der Waals surface area contributed by atoms with Gasteiger partial charge in [-0.2, -0.15) is 10.2 Å². The van der Waals surface area contributed by atoms with Crippen molar-refractivity contribution in [3.63, 3.8) is 0 Å². The Bertz CT molecular complexity index is 913. The minimum absolute atomic E-state index is 0.263. The van der Waals surface area contributed by atoms with Gasteiger partial charge in [0.2, 0.25) is 0 Å². The first-order chi connectivity index (χ1) is 14.2. The fraction of sp³-hybridized carbons (Fsp3) is 0.333. The van der Waals surface area contributed by atoms with Gasteiger partial charge in [0, 0.05) is 23.7 Å². The summed E-state index contributed by atoms with van der Waals surface area (Å²) in [4.78, 5) is 0. The van der Waals surface area contributed by atoms with Gasteiger partial charge in [0.25, 0.3) is 0 Å². The number of hydrazine groups is 1. The van der Waals surface area contributed by atoms with Crippen LogP contribution in [0.15, 0.2) is 76.6 Å². The van der Waals surface area contributed by atoms with E-state index in [4.69, 9.17) is 16.2 Å². The number of hydrogen-bond acceptors (Lipinski definition) is 5. The van der Waals surface area contributed by atoms with E-state index in [0.717, 1.165) is 47.6 Å². The lowest BCUT2D eigenvalue weighted by Gasteiger charge is -2.37. The van der Waals surface area contributed by atoms with Crippen LogP contribution in [-0.2, 0) is 0 Å². The average molecular weight is 388 g/mol. The van der Waals surface area contributed by atoms with Crippen LogP contribution in [-0.4, -0.2) is 23.1 Å². The standard InChI is InChI=1S/C24H29N5/c1-2-27-29-24(18-11-15-20(26)16-12-18)22-8-6-4-3-5-7-21(22)23(28-29)17-9-13-19(25)14-10-17/h8-16,21,26-27H,2-7,25H2,1H3. The van der Waals surface area contributed by atoms with Crippen molar-refractivity contribution in [2.24, 2.45) is 11.0 Å². The molecule has 1 heterocycles.